The lowest BCUT2D eigenvalue weighted by molar-refractivity contribution is 0.216. The van der Waals surface area contributed by atoms with Crippen LogP contribution in [-0.4, -0.2) is 44.1 Å². The average Bonchev–Trinajstić information content (AvgIpc) is 3.41. The van der Waals surface area contributed by atoms with E-state index in [1.165, 1.54) is 7.11 Å². The molecule has 3 aromatic rings. The highest BCUT2D eigenvalue weighted by Crippen LogP contribution is 2.38. The fourth-order valence-electron chi connectivity index (χ4n) is 3.95. The zero-order valence-electron chi connectivity index (χ0n) is 18.9. The van der Waals surface area contributed by atoms with Crippen molar-refractivity contribution in [2.75, 3.05) is 25.2 Å². The number of nitrogens with one attached hydrogen (secondary N) is 1. The summed E-state index contributed by atoms with van der Waals surface area (Å²) in [5.74, 6) is 1.33. The number of ether oxygens (including phenoxy) is 2. The molecule has 4 rings (SSSR count). The maximum absolute atomic E-state index is 12.3. The molecule has 9 nitrogen and oxygen atoms in total. The second-order valence-corrected chi connectivity index (χ2v) is 10.1. The summed E-state index contributed by atoms with van der Waals surface area (Å²) >= 11 is 0. The van der Waals surface area contributed by atoms with E-state index in [9.17, 15) is 8.42 Å². The number of methoxy groups -OCH3 is 1. The molecule has 0 saturated carbocycles. The highest BCUT2D eigenvalue weighted by Gasteiger charge is 2.29. The molecular formula is C23H28N4O5S. The molecule has 0 radical (unpaired) electrons. The van der Waals surface area contributed by atoms with Crippen molar-refractivity contribution in [2.45, 2.75) is 38.8 Å². The molecule has 10 heteroatoms. The Balaban J connectivity index is 1.58. The van der Waals surface area contributed by atoms with Crippen LogP contribution in [0.2, 0.25) is 0 Å². The maximum Gasteiger partial charge on any atom is 0.258 e. The Labute approximate surface area is 193 Å². The van der Waals surface area contributed by atoms with Crippen LogP contribution in [0.5, 0.6) is 5.75 Å². The van der Waals surface area contributed by atoms with Gasteiger partial charge in [-0.1, -0.05) is 23.4 Å². The number of fused-ring (bicyclic) bond motifs is 1. The van der Waals surface area contributed by atoms with Crippen LogP contribution in [0.25, 0.3) is 22.8 Å². The zero-order valence-corrected chi connectivity index (χ0v) is 19.7. The van der Waals surface area contributed by atoms with Crippen LogP contribution >= 0.6 is 0 Å². The van der Waals surface area contributed by atoms with Crippen molar-refractivity contribution in [1.82, 2.24) is 14.9 Å². The molecule has 1 aromatic heterocycles. The van der Waals surface area contributed by atoms with E-state index in [0.29, 0.717) is 41.6 Å². The standard InChI is InChI=1S/C23H28N4O5S/c1-14(2)31-21-10-7-15(13-19(21)24)23-25-22(26-32-23)18-6-4-5-17-16(18)8-9-20(17)27-33(28,29)12-11-30-3/h4-7,10,13-14,20,27H,8-9,11-12,24H2,1-3H3/t20-/m0/s1. The van der Waals surface area contributed by atoms with Crippen molar-refractivity contribution < 1.29 is 22.4 Å². The number of rotatable bonds is 9. The van der Waals surface area contributed by atoms with Gasteiger partial charge < -0.3 is 19.7 Å². The van der Waals surface area contributed by atoms with Gasteiger partial charge in [0.25, 0.3) is 5.89 Å². The van der Waals surface area contributed by atoms with Gasteiger partial charge >= 0.3 is 0 Å². The van der Waals surface area contributed by atoms with Crippen molar-refractivity contribution >= 4 is 15.7 Å². The first-order chi connectivity index (χ1) is 15.8. The van der Waals surface area contributed by atoms with E-state index in [0.717, 1.165) is 16.7 Å². The third-order valence-corrected chi connectivity index (χ3v) is 6.78. The number of sulfonamides is 1. The number of aromatic nitrogens is 2. The fraction of sp³-hybridized carbons (Fsp3) is 0.391. The number of nitrogens with zero attached hydrogens (tertiary/aromatic N) is 2. The maximum atomic E-state index is 12.3. The molecule has 1 atom stereocenters. The fourth-order valence-corrected chi connectivity index (χ4v) is 5.13. The van der Waals surface area contributed by atoms with E-state index in [1.807, 2.05) is 38.1 Å². The molecule has 1 heterocycles. The van der Waals surface area contributed by atoms with Crippen molar-refractivity contribution in [1.29, 1.82) is 0 Å². The first-order valence-corrected chi connectivity index (χ1v) is 12.4. The van der Waals surface area contributed by atoms with Gasteiger partial charge in [0, 0.05) is 24.3 Å². The van der Waals surface area contributed by atoms with Gasteiger partial charge in [0.1, 0.15) is 5.75 Å². The van der Waals surface area contributed by atoms with Gasteiger partial charge in [0.05, 0.1) is 24.2 Å². The number of anilines is 1. The van der Waals surface area contributed by atoms with Gasteiger partial charge in [0.15, 0.2) is 0 Å². The van der Waals surface area contributed by atoms with E-state index in [1.54, 1.807) is 12.1 Å². The van der Waals surface area contributed by atoms with E-state index in [-0.39, 0.29) is 24.5 Å². The van der Waals surface area contributed by atoms with Crippen LogP contribution in [0.1, 0.15) is 37.4 Å². The summed E-state index contributed by atoms with van der Waals surface area (Å²) in [6, 6.07) is 10.8. The van der Waals surface area contributed by atoms with Crippen molar-refractivity contribution in [2.24, 2.45) is 0 Å². The van der Waals surface area contributed by atoms with Crippen LogP contribution in [0.15, 0.2) is 40.9 Å². The minimum absolute atomic E-state index is 0.0154. The predicted molar refractivity (Wildman–Crippen MR) is 125 cm³/mol. The van der Waals surface area contributed by atoms with E-state index >= 15 is 0 Å². The number of nitrogen functional groups attached to an aromatic ring is 1. The quantitative estimate of drug-likeness (QED) is 0.454. The lowest BCUT2D eigenvalue weighted by Gasteiger charge is -2.14. The van der Waals surface area contributed by atoms with E-state index < -0.39 is 10.0 Å². The molecule has 1 aliphatic rings. The lowest BCUT2D eigenvalue weighted by Crippen LogP contribution is -2.31. The zero-order chi connectivity index (χ0) is 23.6. The number of hydrogen-bond donors (Lipinski definition) is 2. The molecule has 0 spiro atoms. The molecule has 0 bridgehead atoms. The van der Waals surface area contributed by atoms with Crippen LogP contribution in [0.4, 0.5) is 5.69 Å². The highest BCUT2D eigenvalue weighted by molar-refractivity contribution is 7.89. The minimum atomic E-state index is -3.44. The molecule has 0 aliphatic heterocycles. The first-order valence-electron chi connectivity index (χ1n) is 10.8. The Kier molecular flexibility index (Phi) is 6.68. The molecule has 0 unspecified atom stereocenters. The summed E-state index contributed by atoms with van der Waals surface area (Å²) in [6.07, 6.45) is 1.39. The summed E-state index contributed by atoms with van der Waals surface area (Å²) in [5.41, 5.74) is 10.1. The van der Waals surface area contributed by atoms with Gasteiger partial charge in [0.2, 0.25) is 15.8 Å². The number of nitrogens with two attached hydrogens (primary N) is 1. The Morgan fingerprint density at radius 2 is 2.09 bits per heavy atom. The van der Waals surface area contributed by atoms with Gasteiger partial charge in [-0.3, -0.25) is 0 Å². The molecule has 176 valence electrons. The largest absolute Gasteiger partial charge is 0.489 e. The van der Waals surface area contributed by atoms with Gasteiger partial charge in [-0.2, -0.15) is 4.98 Å². The summed E-state index contributed by atoms with van der Waals surface area (Å²) in [6.45, 7) is 4.02. The second-order valence-electron chi connectivity index (χ2n) is 8.24. The monoisotopic (exact) mass is 472 g/mol. The first kappa shape index (κ1) is 23.2. The third-order valence-electron chi connectivity index (χ3n) is 5.44. The minimum Gasteiger partial charge on any atom is -0.489 e. The Hall–Kier alpha value is -2.95. The predicted octanol–water partition coefficient (Wildman–Crippen LogP) is 3.33. The number of benzene rings is 2. The van der Waals surface area contributed by atoms with E-state index in [4.69, 9.17) is 19.7 Å². The Morgan fingerprint density at radius 3 is 2.82 bits per heavy atom. The molecule has 2 aromatic carbocycles. The molecule has 0 saturated heterocycles. The molecule has 1 aliphatic carbocycles. The van der Waals surface area contributed by atoms with Crippen molar-refractivity contribution in [3.8, 4) is 28.6 Å². The van der Waals surface area contributed by atoms with Gasteiger partial charge in [-0.05, 0) is 56.0 Å². The molecule has 0 amide bonds. The second kappa shape index (κ2) is 9.50. The molecule has 0 fully saturated rings. The summed E-state index contributed by atoms with van der Waals surface area (Å²) < 4.78 is 43.5. The van der Waals surface area contributed by atoms with E-state index in [2.05, 4.69) is 14.9 Å². The summed E-state index contributed by atoms with van der Waals surface area (Å²) in [4.78, 5) is 4.57. The van der Waals surface area contributed by atoms with Gasteiger partial charge in [-0.25, -0.2) is 13.1 Å². The number of hydrogen-bond acceptors (Lipinski definition) is 8. The topological polar surface area (TPSA) is 130 Å². The van der Waals surface area contributed by atoms with Crippen LogP contribution in [0.3, 0.4) is 0 Å². The highest BCUT2D eigenvalue weighted by atomic mass is 32.2. The molecular weight excluding hydrogens is 444 g/mol. The van der Waals surface area contributed by atoms with Gasteiger partial charge in [-0.15, -0.1) is 0 Å². The lowest BCUT2D eigenvalue weighted by atomic mass is 10.0. The average molecular weight is 473 g/mol. The Bertz CT molecular complexity index is 1240. The molecule has 33 heavy (non-hydrogen) atoms. The van der Waals surface area contributed by atoms with Crippen LogP contribution in [-0.2, 0) is 21.2 Å². The van der Waals surface area contributed by atoms with Crippen LogP contribution in [0, 0.1) is 0 Å². The SMILES string of the molecule is COCCS(=O)(=O)N[C@H]1CCc2c(-c3noc(-c4ccc(OC(C)C)c(N)c4)n3)cccc21. The Morgan fingerprint density at radius 1 is 1.27 bits per heavy atom. The normalized spacial score (nSPS) is 15.7. The van der Waals surface area contributed by atoms with Crippen molar-refractivity contribution in [3.05, 3.63) is 47.5 Å². The summed E-state index contributed by atoms with van der Waals surface area (Å²) in [7, 11) is -1.96. The summed E-state index contributed by atoms with van der Waals surface area (Å²) in [5, 5.41) is 4.17. The smallest absolute Gasteiger partial charge is 0.258 e. The third kappa shape index (κ3) is 5.18. The molecule has 3 N–H and O–H groups in total. The van der Waals surface area contributed by atoms with Crippen molar-refractivity contribution in [3.63, 3.8) is 0 Å². The van der Waals surface area contributed by atoms with Crippen LogP contribution < -0.4 is 15.2 Å².